The summed E-state index contributed by atoms with van der Waals surface area (Å²) >= 11 is 0. The first-order chi connectivity index (χ1) is 8.56. The predicted octanol–water partition coefficient (Wildman–Crippen LogP) is 3.14. The maximum absolute atomic E-state index is 13.5. The highest BCUT2D eigenvalue weighted by Crippen LogP contribution is 2.26. The van der Waals surface area contributed by atoms with Crippen molar-refractivity contribution in [2.75, 3.05) is 5.73 Å². The van der Waals surface area contributed by atoms with E-state index in [0.29, 0.717) is 11.6 Å². The van der Waals surface area contributed by atoms with Crippen molar-refractivity contribution >= 4 is 11.7 Å². The number of esters is 1. The zero-order chi connectivity index (χ0) is 13.1. The van der Waals surface area contributed by atoms with E-state index in [-0.39, 0.29) is 11.7 Å². The minimum absolute atomic E-state index is 0.0754. The number of benzene rings is 1. The van der Waals surface area contributed by atoms with Gasteiger partial charge in [-0.1, -0.05) is 6.92 Å². The Morgan fingerprint density at radius 3 is 2.67 bits per heavy atom. The van der Waals surface area contributed by atoms with Crippen LogP contribution in [0.15, 0.2) is 18.2 Å². The summed E-state index contributed by atoms with van der Waals surface area (Å²) in [6.45, 7) is 2.19. The Hall–Kier alpha value is -1.58. The lowest BCUT2D eigenvalue weighted by molar-refractivity contribution is 0.0169. The van der Waals surface area contributed by atoms with E-state index in [0.717, 1.165) is 25.7 Å². The van der Waals surface area contributed by atoms with E-state index < -0.39 is 11.8 Å². The molecule has 4 heteroatoms. The largest absolute Gasteiger partial charge is 0.459 e. The molecule has 0 atom stereocenters. The maximum Gasteiger partial charge on any atom is 0.341 e. The van der Waals surface area contributed by atoms with E-state index in [1.165, 1.54) is 18.2 Å². The van der Waals surface area contributed by atoms with E-state index in [1.807, 2.05) is 0 Å². The Morgan fingerprint density at radius 2 is 2.00 bits per heavy atom. The van der Waals surface area contributed by atoms with Crippen molar-refractivity contribution in [3.8, 4) is 0 Å². The SMILES string of the molecule is CC1CCC(OC(=O)c2cc(N)ccc2F)CC1. The molecule has 0 aliphatic heterocycles. The molecule has 2 rings (SSSR count). The topological polar surface area (TPSA) is 52.3 Å². The van der Waals surface area contributed by atoms with Gasteiger partial charge in [0.2, 0.25) is 0 Å². The van der Waals surface area contributed by atoms with Crippen molar-refractivity contribution in [3.63, 3.8) is 0 Å². The fraction of sp³-hybridized carbons (Fsp3) is 0.500. The van der Waals surface area contributed by atoms with Gasteiger partial charge in [0.05, 0.1) is 5.56 Å². The summed E-state index contributed by atoms with van der Waals surface area (Å²) in [6, 6.07) is 3.94. The molecule has 1 aliphatic carbocycles. The van der Waals surface area contributed by atoms with Gasteiger partial charge in [-0.3, -0.25) is 0 Å². The number of ether oxygens (including phenoxy) is 1. The lowest BCUT2D eigenvalue weighted by atomic mass is 9.89. The summed E-state index contributed by atoms with van der Waals surface area (Å²) in [5.41, 5.74) is 5.83. The van der Waals surface area contributed by atoms with Crippen LogP contribution in [0.4, 0.5) is 10.1 Å². The van der Waals surface area contributed by atoms with E-state index in [4.69, 9.17) is 10.5 Å². The molecule has 3 nitrogen and oxygen atoms in total. The minimum Gasteiger partial charge on any atom is -0.459 e. The van der Waals surface area contributed by atoms with E-state index in [2.05, 4.69) is 6.92 Å². The Kier molecular flexibility index (Phi) is 3.84. The predicted molar refractivity (Wildman–Crippen MR) is 67.6 cm³/mol. The molecule has 0 unspecified atom stereocenters. The van der Waals surface area contributed by atoms with Crippen LogP contribution in [0.2, 0.25) is 0 Å². The van der Waals surface area contributed by atoms with Crippen LogP contribution in [-0.4, -0.2) is 12.1 Å². The highest BCUT2D eigenvalue weighted by atomic mass is 19.1. The van der Waals surface area contributed by atoms with Gasteiger partial charge in [-0.15, -0.1) is 0 Å². The summed E-state index contributed by atoms with van der Waals surface area (Å²) < 4.78 is 18.8. The zero-order valence-electron chi connectivity index (χ0n) is 10.5. The number of nitrogens with two attached hydrogens (primary N) is 1. The molecule has 0 saturated heterocycles. The highest BCUT2D eigenvalue weighted by molar-refractivity contribution is 5.90. The third kappa shape index (κ3) is 3.00. The smallest absolute Gasteiger partial charge is 0.341 e. The Bertz CT molecular complexity index is 439. The Balaban J connectivity index is 2.01. The number of hydrogen-bond acceptors (Lipinski definition) is 3. The van der Waals surface area contributed by atoms with Crippen molar-refractivity contribution < 1.29 is 13.9 Å². The second kappa shape index (κ2) is 5.38. The van der Waals surface area contributed by atoms with Crippen LogP contribution in [-0.2, 0) is 4.74 Å². The molecule has 1 fully saturated rings. The lowest BCUT2D eigenvalue weighted by Crippen LogP contribution is -2.24. The van der Waals surface area contributed by atoms with Crippen molar-refractivity contribution in [1.29, 1.82) is 0 Å². The third-order valence-electron chi connectivity index (χ3n) is 3.45. The van der Waals surface area contributed by atoms with Gasteiger partial charge in [0.1, 0.15) is 11.9 Å². The Labute approximate surface area is 106 Å². The Morgan fingerprint density at radius 1 is 1.33 bits per heavy atom. The first kappa shape index (κ1) is 12.9. The normalized spacial score (nSPS) is 23.7. The number of carbonyl (C=O) groups is 1. The van der Waals surface area contributed by atoms with Crippen molar-refractivity contribution in [2.45, 2.75) is 38.7 Å². The number of carbonyl (C=O) groups excluding carboxylic acids is 1. The molecule has 1 aromatic carbocycles. The van der Waals surface area contributed by atoms with Gasteiger partial charge in [0.25, 0.3) is 0 Å². The van der Waals surface area contributed by atoms with Gasteiger partial charge < -0.3 is 10.5 Å². The second-order valence-electron chi connectivity index (χ2n) is 5.03. The van der Waals surface area contributed by atoms with Crippen LogP contribution >= 0.6 is 0 Å². The molecule has 0 amide bonds. The number of halogens is 1. The van der Waals surface area contributed by atoms with E-state index in [9.17, 15) is 9.18 Å². The first-order valence-corrected chi connectivity index (χ1v) is 6.32. The van der Waals surface area contributed by atoms with Gasteiger partial charge in [-0.2, -0.15) is 0 Å². The molecule has 1 aliphatic rings. The van der Waals surface area contributed by atoms with Crippen LogP contribution in [0, 0.1) is 11.7 Å². The van der Waals surface area contributed by atoms with Gasteiger partial charge in [-0.05, 0) is 49.8 Å². The molecule has 18 heavy (non-hydrogen) atoms. The van der Waals surface area contributed by atoms with Gasteiger partial charge in [0.15, 0.2) is 0 Å². The fourth-order valence-corrected chi connectivity index (χ4v) is 2.26. The molecule has 0 spiro atoms. The summed E-state index contributed by atoms with van der Waals surface area (Å²) in [4.78, 5) is 11.8. The molecule has 98 valence electrons. The standard InChI is InChI=1S/C14H18FNO2/c1-9-2-5-11(6-3-9)18-14(17)12-8-10(16)4-7-13(12)15/h4,7-9,11H,2-3,5-6,16H2,1H3. The van der Waals surface area contributed by atoms with Gasteiger partial charge >= 0.3 is 5.97 Å². The average molecular weight is 251 g/mol. The zero-order valence-corrected chi connectivity index (χ0v) is 10.5. The molecule has 0 aromatic heterocycles. The van der Waals surface area contributed by atoms with Crippen LogP contribution in [0.5, 0.6) is 0 Å². The van der Waals surface area contributed by atoms with Crippen LogP contribution in [0.25, 0.3) is 0 Å². The molecule has 0 bridgehead atoms. The van der Waals surface area contributed by atoms with Crippen molar-refractivity contribution in [1.82, 2.24) is 0 Å². The van der Waals surface area contributed by atoms with Gasteiger partial charge in [-0.25, -0.2) is 9.18 Å². The fourth-order valence-electron chi connectivity index (χ4n) is 2.26. The third-order valence-corrected chi connectivity index (χ3v) is 3.45. The van der Waals surface area contributed by atoms with Gasteiger partial charge in [0, 0.05) is 5.69 Å². The molecule has 0 radical (unpaired) electrons. The van der Waals surface area contributed by atoms with Crippen LogP contribution < -0.4 is 5.73 Å². The minimum atomic E-state index is -0.612. The van der Waals surface area contributed by atoms with Crippen LogP contribution in [0.1, 0.15) is 43.0 Å². The molecule has 1 aromatic rings. The first-order valence-electron chi connectivity index (χ1n) is 6.32. The van der Waals surface area contributed by atoms with E-state index >= 15 is 0 Å². The number of anilines is 1. The number of hydrogen-bond donors (Lipinski definition) is 1. The summed E-state index contributed by atoms with van der Waals surface area (Å²) in [5, 5.41) is 0. The molecule has 2 N–H and O–H groups in total. The summed E-state index contributed by atoms with van der Waals surface area (Å²) in [5.74, 6) is -0.512. The quantitative estimate of drug-likeness (QED) is 0.649. The molecule has 1 saturated carbocycles. The molecular formula is C14H18FNO2. The summed E-state index contributed by atoms with van der Waals surface area (Å²) in [7, 11) is 0. The monoisotopic (exact) mass is 251 g/mol. The van der Waals surface area contributed by atoms with Crippen molar-refractivity contribution in [3.05, 3.63) is 29.6 Å². The van der Waals surface area contributed by atoms with Crippen molar-refractivity contribution in [2.24, 2.45) is 5.92 Å². The maximum atomic E-state index is 13.5. The second-order valence-corrected chi connectivity index (χ2v) is 5.03. The highest BCUT2D eigenvalue weighted by Gasteiger charge is 2.23. The lowest BCUT2D eigenvalue weighted by Gasteiger charge is -2.26. The molecular weight excluding hydrogens is 233 g/mol. The number of nitrogen functional groups attached to an aromatic ring is 1. The number of rotatable bonds is 2. The summed E-state index contributed by atoms with van der Waals surface area (Å²) in [6.07, 6.45) is 3.73. The molecule has 0 heterocycles. The van der Waals surface area contributed by atoms with E-state index in [1.54, 1.807) is 0 Å². The van der Waals surface area contributed by atoms with Crippen LogP contribution in [0.3, 0.4) is 0 Å². The average Bonchev–Trinajstić information content (AvgIpc) is 2.35.